The maximum absolute atomic E-state index is 15.3. The van der Waals surface area contributed by atoms with E-state index in [0.29, 0.717) is 35.6 Å². The summed E-state index contributed by atoms with van der Waals surface area (Å²) in [6.45, 7) is 20.3. The standard InChI is InChI=1S/C66H60F2N4O/c1-40(2)44-28-45(41(3)4)30-46(29-44)55-19-15-20-56(47-31-50(67)36-51(68)32-47)65(55)71-39-70(60-22-12-13-23-61(60)71)52-33-48(64-42(5)16-14-17-43(64)6)34-54(37-52)73-53-24-25-58-57-18-10-11-21-59(57)72(62(58)38-53)63-35-49(26-27-69-63)66(7,8)9/h10-38,40-41H,39H2,1-9H3. The Morgan fingerprint density at radius 3 is 1.82 bits per heavy atom. The molecule has 0 saturated carbocycles. The second-order valence-corrected chi connectivity index (χ2v) is 21.3. The summed E-state index contributed by atoms with van der Waals surface area (Å²) in [7, 11) is 0. The summed E-state index contributed by atoms with van der Waals surface area (Å²) in [5, 5.41) is 2.26. The van der Waals surface area contributed by atoms with Gasteiger partial charge in [0.05, 0.1) is 28.1 Å². The van der Waals surface area contributed by atoms with Crippen LogP contribution in [0.1, 0.15) is 88.1 Å². The summed E-state index contributed by atoms with van der Waals surface area (Å²) < 4.78 is 39.9. The molecule has 364 valence electrons. The van der Waals surface area contributed by atoms with Crippen molar-refractivity contribution in [3.8, 4) is 50.7 Å². The van der Waals surface area contributed by atoms with Gasteiger partial charge in [0.1, 0.15) is 35.6 Å². The van der Waals surface area contributed by atoms with Gasteiger partial charge in [-0.2, -0.15) is 0 Å². The Kier molecular flexibility index (Phi) is 12.0. The SMILES string of the molecule is Cc1cccc(C)c1-c1cc(Oc2ccc3c4ccccc4n(-c4cc(C(C)(C)C)ccn4)c3c2)cc(N2CN(c3c(-c4cc(F)cc(F)c4)cccc3-c3cc(C(C)C)cc(C(C)C)c3)c3ccccc32)c1. The molecule has 0 bridgehead atoms. The molecule has 10 aromatic rings. The number of ether oxygens (including phenoxy) is 1. The van der Waals surface area contributed by atoms with Crippen molar-refractivity contribution in [3.05, 3.63) is 216 Å². The van der Waals surface area contributed by atoms with Gasteiger partial charge in [-0.15, -0.1) is 0 Å². The molecule has 0 radical (unpaired) electrons. The highest BCUT2D eigenvalue weighted by Crippen LogP contribution is 2.52. The van der Waals surface area contributed by atoms with E-state index < -0.39 is 11.6 Å². The van der Waals surface area contributed by atoms with Crippen LogP contribution >= 0.6 is 0 Å². The lowest BCUT2D eigenvalue weighted by molar-refractivity contribution is 0.483. The molecule has 2 aromatic heterocycles. The summed E-state index contributed by atoms with van der Waals surface area (Å²) in [6, 6.07) is 57.3. The summed E-state index contributed by atoms with van der Waals surface area (Å²) >= 11 is 0. The average molecular weight is 963 g/mol. The van der Waals surface area contributed by atoms with Crippen molar-refractivity contribution in [2.75, 3.05) is 16.5 Å². The molecule has 0 spiro atoms. The van der Waals surface area contributed by atoms with Gasteiger partial charge in [0.2, 0.25) is 0 Å². The Labute approximate surface area is 428 Å². The van der Waals surface area contributed by atoms with Crippen LogP contribution in [-0.2, 0) is 5.41 Å². The number of hydrogen-bond donors (Lipinski definition) is 0. The van der Waals surface area contributed by atoms with Gasteiger partial charge < -0.3 is 14.5 Å². The van der Waals surface area contributed by atoms with E-state index >= 15 is 8.78 Å². The topological polar surface area (TPSA) is 33.5 Å². The highest BCUT2D eigenvalue weighted by atomic mass is 19.1. The minimum atomic E-state index is -0.624. The Morgan fingerprint density at radius 2 is 1.15 bits per heavy atom. The predicted octanol–water partition coefficient (Wildman–Crippen LogP) is 18.7. The number of halogens is 2. The van der Waals surface area contributed by atoms with Gasteiger partial charge in [0.25, 0.3) is 0 Å². The van der Waals surface area contributed by atoms with Gasteiger partial charge in [-0.1, -0.05) is 133 Å². The number of anilines is 4. The lowest BCUT2D eigenvalue weighted by Gasteiger charge is -2.28. The summed E-state index contributed by atoms with van der Waals surface area (Å²) in [6.07, 6.45) is 1.91. The number of hydrogen-bond acceptors (Lipinski definition) is 4. The second-order valence-electron chi connectivity index (χ2n) is 21.3. The highest BCUT2D eigenvalue weighted by molar-refractivity contribution is 6.09. The fourth-order valence-corrected chi connectivity index (χ4v) is 10.8. The molecule has 7 heteroatoms. The molecule has 73 heavy (non-hydrogen) atoms. The van der Waals surface area contributed by atoms with Gasteiger partial charge in [0, 0.05) is 52.0 Å². The Morgan fingerprint density at radius 1 is 0.534 bits per heavy atom. The Hall–Kier alpha value is -8.03. The van der Waals surface area contributed by atoms with Crippen LogP contribution < -0.4 is 14.5 Å². The van der Waals surface area contributed by atoms with E-state index in [1.807, 2.05) is 18.3 Å². The van der Waals surface area contributed by atoms with E-state index in [1.54, 1.807) is 0 Å². The zero-order valence-corrected chi connectivity index (χ0v) is 43.1. The summed E-state index contributed by atoms with van der Waals surface area (Å²) in [5.74, 6) is 1.57. The quantitative estimate of drug-likeness (QED) is 0.137. The van der Waals surface area contributed by atoms with Crippen molar-refractivity contribution in [2.45, 2.75) is 79.6 Å². The number of fused-ring (bicyclic) bond motifs is 4. The minimum Gasteiger partial charge on any atom is -0.457 e. The summed E-state index contributed by atoms with van der Waals surface area (Å²) in [5.41, 5.74) is 17.2. The van der Waals surface area contributed by atoms with Gasteiger partial charge in [0.15, 0.2) is 0 Å². The largest absolute Gasteiger partial charge is 0.457 e. The van der Waals surface area contributed by atoms with Gasteiger partial charge in [-0.3, -0.25) is 4.57 Å². The third kappa shape index (κ3) is 8.81. The van der Waals surface area contributed by atoms with Crippen LogP contribution in [0.5, 0.6) is 11.5 Å². The van der Waals surface area contributed by atoms with Crippen molar-refractivity contribution < 1.29 is 13.5 Å². The van der Waals surface area contributed by atoms with Crippen molar-refractivity contribution in [1.29, 1.82) is 0 Å². The van der Waals surface area contributed by atoms with E-state index in [-0.39, 0.29) is 5.41 Å². The zero-order valence-electron chi connectivity index (χ0n) is 43.1. The minimum absolute atomic E-state index is 0.0564. The molecular weight excluding hydrogens is 903 g/mol. The first kappa shape index (κ1) is 47.3. The molecule has 8 aromatic carbocycles. The number of rotatable bonds is 10. The highest BCUT2D eigenvalue weighted by Gasteiger charge is 2.32. The van der Waals surface area contributed by atoms with E-state index in [4.69, 9.17) is 9.72 Å². The van der Waals surface area contributed by atoms with Crippen LogP contribution in [0, 0.1) is 25.5 Å². The number of pyridine rings is 1. The molecule has 3 heterocycles. The smallest absolute Gasteiger partial charge is 0.137 e. The van der Waals surface area contributed by atoms with Gasteiger partial charge >= 0.3 is 0 Å². The van der Waals surface area contributed by atoms with E-state index in [1.165, 1.54) is 28.8 Å². The van der Waals surface area contributed by atoms with Crippen molar-refractivity contribution in [3.63, 3.8) is 0 Å². The predicted molar refractivity (Wildman–Crippen MR) is 300 cm³/mol. The molecule has 0 amide bonds. The monoisotopic (exact) mass is 962 g/mol. The molecular formula is C66H60F2N4O. The fourth-order valence-electron chi connectivity index (χ4n) is 10.8. The third-order valence-corrected chi connectivity index (χ3v) is 14.5. The van der Waals surface area contributed by atoms with Crippen LogP contribution in [0.15, 0.2) is 176 Å². The molecule has 1 aliphatic heterocycles. The van der Waals surface area contributed by atoms with E-state index in [2.05, 4.69) is 216 Å². The van der Waals surface area contributed by atoms with Crippen LogP contribution in [0.2, 0.25) is 0 Å². The number of para-hydroxylation sites is 4. The molecule has 0 fully saturated rings. The number of aromatic nitrogens is 2. The first-order valence-corrected chi connectivity index (χ1v) is 25.4. The van der Waals surface area contributed by atoms with Crippen molar-refractivity contribution in [1.82, 2.24) is 9.55 Å². The molecule has 1 aliphatic rings. The Balaban J connectivity index is 1.08. The van der Waals surface area contributed by atoms with Gasteiger partial charge in [-0.05, 0) is 148 Å². The van der Waals surface area contributed by atoms with Crippen molar-refractivity contribution >= 4 is 44.6 Å². The molecule has 0 aliphatic carbocycles. The van der Waals surface area contributed by atoms with Crippen LogP contribution in [-0.4, -0.2) is 16.2 Å². The van der Waals surface area contributed by atoms with Gasteiger partial charge in [-0.25, -0.2) is 13.8 Å². The molecule has 0 atom stereocenters. The third-order valence-electron chi connectivity index (χ3n) is 14.5. The Bertz CT molecular complexity index is 3700. The fraction of sp³-hybridized carbons (Fsp3) is 0.197. The number of aryl methyl sites for hydroxylation is 2. The maximum Gasteiger partial charge on any atom is 0.137 e. The first-order valence-electron chi connectivity index (χ1n) is 25.4. The van der Waals surface area contributed by atoms with Crippen LogP contribution in [0.4, 0.5) is 31.5 Å². The molecule has 5 nitrogen and oxygen atoms in total. The zero-order chi connectivity index (χ0) is 50.9. The number of nitrogens with zero attached hydrogens (tertiary/aromatic N) is 4. The lowest BCUT2D eigenvalue weighted by Crippen LogP contribution is -2.25. The average Bonchev–Trinajstić information content (AvgIpc) is 3.91. The first-order chi connectivity index (χ1) is 35.1. The normalized spacial score (nSPS) is 12.7. The number of benzene rings is 8. The molecule has 0 unspecified atom stereocenters. The van der Waals surface area contributed by atoms with Crippen molar-refractivity contribution in [2.24, 2.45) is 0 Å². The molecule has 0 N–H and O–H groups in total. The van der Waals surface area contributed by atoms with Crippen LogP contribution in [0.25, 0.3) is 61.0 Å². The molecule has 11 rings (SSSR count). The van der Waals surface area contributed by atoms with Crippen LogP contribution in [0.3, 0.4) is 0 Å². The maximum atomic E-state index is 15.3. The molecule has 0 saturated heterocycles. The lowest BCUT2D eigenvalue weighted by atomic mass is 9.88. The van der Waals surface area contributed by atoms with E-state index in [9.17, 15) is 0 Å². The van der Waals surface area contributed by atoms with E-state index in [0.717, 1.165) is 95.4 Å². The summed E-state index contributed by atoms with van der Waals surface area (Å²) in [4.78, 5) is 9.56. The second kappa shape index (κ2) is 18.5.